The highest BCUT2D eigenvalue weighted by molar-refractivity contribution is 6.03. The minimum Gasteiger partial charge on any atom is -0.422 e. The van der Waals surface area contributed by atoms with E-state index in [-0.39, 0.29) is 12.5 Å². The van der Waals surface area contributed by atoms with Crippen LogP contribution >= 0.6 is 0 Å². The lowest BCUT2D eigenvalue weighted by atomic mass is 10.0. The van der Waals surface area contributed by atoms with E-state index in [1.165, 1.54) is 11.8 Å². The molecule has 0 bridgehead atoms. The summed E-state index contributed by atoms with van der Waals surface area (Å²) in [7, 11) is 0. The van der Waals surface area contributed by atoms with Gasteiger partial charge in [0, 0.05) is 17.6 Å². The van der Waals surface area contributed by atoms with E-state index >= 15 is 0 Å². The average Bonchev–Trinajstić information content (AvgIpc) is 3.17. The van der Waals surface area contributed by atoms with Gasteiger partial charge in [0.15, 0.2) is 0 Å². The average molecular weight is 418 g/mol. The van der Waals surface area contributed by atoms with Gasteiger partial charge < -0.3 is 9.32 Å². The van der Waals surface area contributed by atoms with Crippen LogP contribution in [0.3, 0.4) is 0 Å². The molecule has 2 heterocycles. The highest BCUT2D eigenvalue weighted by Gasteiger charge is 2.20. The normalized spacial score (nSPS) is 11.5. The number of hydrogen-bond acceptors (Lipinski definition) is 4. The Morgan fingerprint density at radius 1 is 1.13 bits per heavy atom. The monoisotopic (exact) mass is 417 g/mol. The van der Waals surface area contributed by atoms with Crippen molar-refractivity contribution < 1.29 is 9.21 Å². The van der Waals surface area contributed by atoms with E-state index < -0.39 is 5.63 Å². The number of amides is 1. The molecular weight excluding hydrogens is 390 g/mol. The second-order valence-corrected chi connectivity index (χ2v) is 8.25. The molecule has 4 aromatic rings. The molecule has 0 N–H and O–H groups in total. The van der Waals surface area contributed by atoms with E-state index in [1.807, 2.05) is 38.1 Å². The number of benzene rings is 2. The van der Waals surface area contributed by atoms with Crippen molar-refractivity contribution in [2.24, 2.45) is 0 Å². The number of anilines is 1. The Labute approximate surface area is 181 Å². The number of aryl methyl sites for hydroxylation is 1. The first-order valence-electron chi connectivity index (χ1n) is 10.7. The van der Waals surface area contributed by atoms with Gasteiger partial charge in [-0.25, -0.2) is 4.79 Å². The van der Waals surface area contributed by atoms with Crippen LogP contribution in [0.2, 0.25) is 0 Å². The number of carbonyl (C=O) groups excluding carboxylic acids is 1. The number of nitrogens with zero attached hydrogens (tertiary/aromatic N) is 3. The molecule has 0 aliphatic heterocycles. The maximum atomic E-state index is 13.3. The van der Waals surface area contributed by atoms with Gasteiger partial charge in [-0.15, -0.1) is 0 Å². The number of carbonyl (C=O) groups is 1. The van der Waals surface area contributed by atoms with Crippen LogP contribution in [0.1, 0.15) is 44.2 Å². The van der Waals surface area contributed by atoms with Gasteiger partial charge >= 0.3 is 5.63 Å². The molecule has 0 atom stereocenters. The summed E-state index contributed by atoms with van der Waals surface area (Å²) < 4.78 is 7.04. The third-order valence-electron chi connectivity index (χ3n) is 5.56. The van der Waals surface area contributed by atoms with Gasteiger partial charge in [0.2, 0.25) is 5.91 Å². The van der Waals surface area contributed by atoms with Gasteiger partial charge in [0.1, 0.15) is 17.5 Å². The fraction of sp³-hybridized carbons (Fsp3) is 0.320. The summed E-state index contributed by atoms with van der Waals surface area (Å²) in [5.41, 5.74) is 3.83. The standard InChI is InChI=1S/C25H27N3O3/c1-5-12-27(19-9-7-18(8-10-19)16(2)3)23(29)15-28-24-20-13-17(4)6-11-22(20)31-25(30)21(24)14-26-28/h6-11,13-14,16H,5,12,15H2,1-4H3. The molecule has 160 valence electrons. The highest BCUT2D eigenvalue weighted by Crippen LogP contribution is 2.25. The zero-order valence-electron chi connectivity index (χ0n) is 18.4. The Morgan fingerprint density at radius 2 is 1.87 bits per heavy atom. The van der Waals surface area contributed by atoms with Gasteiger partial charge in [-0.3, -0.25) is 9.48 Å². The minimum atomic E-state index is -0.445. The Hall–Kier alpha value is -3.41. The first-order valence-corrected chi connectivity index (χ1v) is 10.7. The lowest BCUT2D eigenvalue weighted by molar-refractivity contribution is -0.119. The molecule has 2 aromatic heterocycles. The fourth-order valence-electron chi connectivity index (χ4n) is 3.89. The van der Waals surface area contributed by atoms with Crippen LogP contribution in [0.25, 0.3) is 21.9 Å². The molecule has 6 heteroatoms. The maximum absolute atomic E-state index is 13.3. The van der Waals surface area contributed by atoms with Crippen molar-refractivity contribution in [3.8, 4) is 0 Å². The summed E-state index contributed by atoms with van der Waals surface area (Å²) in [5.74, 6) is 0.362. The van der Waals surface area contributed by atoms with Crippen molar-refractivity contribution in [3.05, 3.63) is 70.2 Å². The van der Waals surface area contributed by atoms with Crippen LogP contribution in [-0.4, -0.2) is 22.2 Å². The van der Waals surface area contributed by atoms with Crippen molar-refractivity contribution in [1.29, 1.82) is 0 Å². The molecular formula is C25H27N3O3. The molecule has 0 saturated carbocycles. The smallest absolute Gasteiger partial charge is 0.347 e. The number of fused-ring (bicyclic) bond motifs is 3. The SMILES string of the molecule is CCCN(C(=O)Cn1ncc2c(=O)oc3ccc(C)cc3c21)c1ccc(C(C)C)cc1. The predicted octanol–water partition coefficient (Wildman–Crippen LogP) is 5.02. The molecule has 2 aromatic carbocycles. The third kappa shape index (κ3) is 3.98. The molecule has 0 spiro atoms. The van der Waals surface area contributed by atoms with Crippen LogP contribution in [0.4, 0.5) is 5.69 Å². The number of aromatic nitrogens is 2. The van der Waals surface area contributed by atoms with Crippen molar-refractivity contribution in [2.75, 3.05) is 11.4 Å². The zero-order valence-corrected chi connectivity index (χ0v) is 18.4. The summed E-state index contributed by atoms with van der Waals surface area (Å²) in [5, 5.41) is 5.52. The second-order valence-electron chi connectivity index (χ2n) is 8.25. The Balaban J connectivity index is 1.73. The van der Waals surface area contributed by atoms with Crippen LogP contribution < -0.4 is 10.5 Å². The summed E-state index contributed by atoms with van der Waals surface area (Å²) in [6.07, 6.45) is 2.32. The van der Waals surface area contributed by atoms with Crippen LogP contribution in [0, 0.1) is 6.92 Å². The van der Waals surface area contributed by atoms with E-state index in [0.717, 1.165) is 23.1 Å². The quantitative estimate of drug-likeness (QED) is 0.413. The highest BCUT2D eigenvalue weighted by atomic mass is 16.4. The van der Waals surface area contributed by atoms with Crippen LogP contribution in [-0.2, 0) is 11.3 Å². The topological polar surface area (TPSA) is 68.3 Å². The molecule has 4 rings (SSSR count). The molecule has 0 fully saturated rings. The Morgan fingerprint density at radius 3 is 2.55 bits per heavy atom. The van der Waals surface area contributed by atoms with Gasteiger partial charge in [-0.2, -0.15) is 5.10 Å². The third-order valence-corrected chi connectivity index (χ3v) is 5.56. The van der Waals surface area contributed by atoms with Gasteiger partial charge in [0.25, 0.3) is 0 Å². The molecule has 0 saturated heterocycles. The summed E-state index contributed by atoms with van der Waals surface area (Å²) >= 11 is 0. The Kier molecular flexibility index (Phi) is 5.63. The largest absolute Gasteiger partial charge is 0.422 e. The second kappa shape index (κ2) is 8.38. The lowest BCUT2D eigenvalue weighted by Crippen LogP contribution is -2.34. The van der Waals surface area contributed by atoms with Crippen LogP contribution in [0.5, 0.6) is 0 Å². The van der Waals surface area contributed by atoms with Crippen molar-refractivity contribution in [3.63, 3.8) is 0 Å². The molecule has 0 aliphatic carbocycles. The van der Waals surface area contributed by atoms with Crippen LogP contribution in [0.15, 0.2) is 57.9 Å². The van der Waals surface area contributed by atoms with Crippen molar-refractivity contribution in [2.45, 2.75) is 46.6 Å². The minimum absolute atomic E-state index is 0.0436. The molecule has 31 heavy (non-hydrogen) atoms. The maximum Gasteiger partial charge on any atom is 0.347 e. The van der Waals surface area contributed by atoms with Crippen molar-refractivity contribution >= 4 is 33.5 Å². The summed E-state index contributed by atoms with van der Waals surface area (Å²) in [6.45, 7) is 8.98. The predicted molar refractivity (Wildman–Crippen MR) is 124 cm³/mol. The Bertz CT molecular complexity index is 1300. The van der Waals surface area contributed by atoms with E-state index in [1.54, 1.807) is 15.6 Å². The number of rotatable bonds is 6. The lowest BCUT2D eigenvalue weighted by Gasteiger charge is -2.23. The van der Waals surface area contributed by atoms with E-state index in [0.29, 0.717) is 28.9 Å². The first kappa shape index (κ1) is 20.8. The van der Waals surface area contributed by atoms with Gasteiger partial charge in [0.05, 0.1) is 11.7 Å². The fourth-order valence-corrected chi connectivity index (χ4v) is 3.89. The van der Waals surface area contributed by atoms with E-state index in [2.05, 4.69) is 31.1 Å². The molecule has 6 nitrogen and oxygen atoms in total. The van der Waals surface area contributed by atoms with E-state index in [9.17, 15) is 9.59 Å². The molecule has 0 radical (unpaired) electrons. The van der Waals surface area contributed by atoms with Gasteiger partial charge in [-0.1, -0.05) is 44.5 Å². The molecule has 0 unspecified atom stereocenters. The molecule has 1 amide bonds. The van der Waals surface area contributed by atoms with Gasteiger partial charge in [-0.05, 0) is 49.1 Å². The zero-order chi connectivity index (χ0) is 22.1. The van der Waals surface area contributed by atoms with Crippen molar-refractivity contribution in [1.82, 2.24) is 9.78 Å². The first-order chi connectivity index (χ1) is 14.9. The number of hydrogen-bond donors (Lipinski definition) is 0. The summed E-state index contributed by atoms with van der Waals surface area (Å²) in [6, 6.07) is 13.8. The van der Waals surface area contributed by atoms with E-state index in [4.69, 9.17) is 4.42 Å². The summed E-state index contributed by atoms with van der Waals surface area (Å²) in [4.78, 5) is 27.5. The molecule has 0 aliphatic rings.